The molecule has 2 aromatic heterocycles. The van der Waals surface area contributed by atoms with Crippen LogP contribution in [0.2, 0.25) is 10.0 Å². The molecule has 0 aliphatic carbocycles. The van der Waals surface area contributed by atoms with Gasteiger partial charge in [-0.1, -0.05) is 23.2 Å². The van der Waals surface area contributed by atoms with Crippen molar-refractivity contribution in [3.05, 3.63) is 72.5 Å². The second kappa shape index (κ2) is 8.40. The van der Waals surface area contributed by atoms with Crippen LogP contribution in [-0.2, 0) is 14.1 Å². The van der Waals surface area contributed by atoms with Crippen molar-refractivity contribution in [1.82, 2.24) is 23.9 Å². The normalized spacial score (nSPS) is 14.1. The molecule has 32 heavy (non-hydrogen) atoms. The molecular weight excluding hydrogens is 457 g/mol. The highest BCUT2D eigenvalue weighted by Crippen LogP contribution is 2.21. The molecule has 0 N–H and O–H groups in total. The third-order valence-electron chi connectivity index (χ3n) is 5.48. The molecule has 0 radical (unpaired) electrons. The second-order valence-corrected chi connectivity index (χ2v) is 8.39. The van der Waals surface area contributed by atoms with E-state index in [4.69, 9.17) is 23.2 Å². The Labute approximate surface area is 192 Å². The average molecular weight is 476 g/mol. The molecule has 4 rings (SSSR count). The van der Waals surface area contributed by atoms with Crippen LogP contribution in [0, 0.1) is 0 Å². The lowest BCUT2D eigenvalue weighted by Gasteiger charge is -2.34. The molecule has 0 bridgehead atoms. The first kappa shape index (κ1) is 22.0. The van der Waals surface area contributed by atoms with Crippen LogP contribution in [0.3, 0.4) is 0 Å². The molecule has 0 atom stereocenters. The quantitative estimate of drug-likeness (QED) is 0.559. The van der Waals surface area contributed by atoms with Gasteiger partial charge in [-0.2, -0.15) is 0 Å². The highest BCUT2D eigenvalue weighted by Gasteiger charge is 2.27. The molecular formula is C21H19Cl2N5O4. The lowest BCUT2D eigenvalue weighted by Crippen LogP contribution is -2.50. The predicted octanol–water partition coefficient (Wildman–Crippen LogP) is 1.54. The summed E-state index contributed by atoms with van der Waals surface area (Å²) in [7, 11) is 2.89. The van der Waals surface area contributed by atoms with Gasteiger partial charge in [0.1, 0.15) is 11.3 Å². The molecule has 9 nitrogen and oxygen atoms in total. The fourth-order valence-electron chi connectivity index (χ4n) is 3.71. The van der Waals surface area contributed by atoms with Crippen molar-refractivity contribution in [2.45, 2.75) is 0 Å². The van der Waals surface area contributed by atoms with E-state index in [0.717, 1.165) is 4.57 Å². The lowest BCUT2D eigenvalue weighted by atomic mass is 10.1. The summed E-state index contributed by atoms with van der Waals surface area (Å²) in [6.07, 6.45) is 0. The summed E-state index contributed by atoms with van der Waals surface area (Å²) < 4.78 is 2.23. The second-order valence-electron chi connectivity index (χ2n) is 7.52. The summed E-state index contributed by atoms with van der Waals surface area (Å²) in [6, 6.07) is 7.64. The third-order valence-corrected chi connectivity index (χ3v) is 5.92. The Morgan fingerprint density at radius 2 is 1.41 bits per heavy atom. The van der Waals surface area contributed by atoms with Gasteiger partial charge < -0.3 is 9.80 Å². The van der Waals surface area contributed by atoms with E-state index in [2.05, 4.69) is 4.98 Å². The summed E-state index contributed by atoms with van der Waals surface area (Å²) in [4.78, 5) is 57.7. The number of pyridine rings is 1. The number of rotatable bonds is 2. The lowest BCUT2D eigenvalue weighted by molar-refractivity contribution is 0.0532. The van der Waals surface area contributed by atoms with Gasteiger partial charge in [-0.3, -0.25) is 23.5 Å². The Morgan fingerprint density at radius 1 is 0.844 bits per heavy atom. The molecule has 0 unspecified atom stereocenters. The van der Waals surface area contributed by atoms with Gasteiger partial charge >= 0.3 is 5.69 Å². The number of benzene rings is 1. The zero-order chi connectivity index (χ0) is 23.2. The number of nitrogens with zero attached hydrogens (tertiary/aromatic N) is 5. The van der Waals surface area contributed by atoms with Crippen molar-refractivity contribution in [2.75, 3.05) is 26.2 Å². The molecule has 1 aliphatic heterocycles. The van der Waals surface area contributed by atoms with Crippen LogP contribution in [-0.4, -0.2) is 61.9 Å². The van der Waals surface area contributed by atoms with Crippen LogP contribution in [0.1, 0.15) is 20.8 Å². The Bertz CT molecular complexity index is 1350. The number of halogens is 2. The number of hydrogen-bond acceptors (Lipinski definition) is 5. The minimum atomic E-state index is -0.521. The van der Waals surface area contributed by atoms with Crippen molar-refractivity contribution in [3.63, 3.8) is 0 Å². The molecule has 1 saturated heterocycles. The highest BCUT2D eigenvalue weighted by atomic mass is 35.5. The fourth-order valence-corrected chi connectivity index (χ4v) is 4.23. The molecule has 1 fully saturated rings. The van der Waals surface area contributed by atoms with E-state index in [0.29, 0.717) is 41.8 Å². The van der Waals surface area contributed by atoms with E-state index < -0.39 is 11.2 Å². The SMILES string of the molecule is Cn1c(=O)c2ccc(C(=O)N3CCN(C(=O)c4cc(Cl)cc(Cl)c4)CC3)nc2n(C)c1=O. The topological polar surface area (TPSA) is 97.5 Å². The zero-order valence-electron chi connectivity index (χ0n) is 17.3. The molecule has 11 heteroatoms. The number of aromatic nitrogens is 3. The van der Waals surface area contributed by atoms with Crippen molar-refractivity contribution in [3.8, 4) is 0 Å². The minimum Gasteiger partial charge on any atom is -0.335 e. The van der Waals surface area contributed by atoms with Crippen molar-refractivity contribution in [2.24, 2.45) is 14.1 Å². The summed E-state index contributed by atoms with van der Waals surface area (Å²) in [5, 5.41) is 1.00. The summed E-state index contributed by atoms with van der Waals surface area (Å²) >= 11 is 12.0. The number of amides is 2. The summed E-state index contributed by atoms with van der Waals surface area (Å²) in [6.45, 7) is 1.30. The van der Waals surface area contributed by atoms with E-state index in [1.54, 1.807) is 28.0 Å². The zero-order valence-corrected chi connectivity index (χ0v) is 18.9. The number of aryl methyl sites for hydroxylation is 1. The first-order valence-electron chi connectivity index (χ1n) is 9.79. The minimum absolute atomic E-state index is 0.127. The standard InChI is InChI=1S/C21H19Cl2N5O4/c1-25-17-15(19(30)26(2)21(25)32)3-4-16(24-17)20(31)28-7-5-27(6-8-28)18(29)12-9-13(22)11-14(23)10-12/h3-4,9-11H,5-8H2,1-2H3. The van der Waals surface area contributed by atoms with E-state index in [9.17, 15) is 19.2 Å². The van der Waals surface area contributed by atoms with E-state index in [-0.39, 0.29) is 28.5 Å². The highest BCUT2D eigenvalue weighted by molar-refractivity contribution is 6.35. The van der Waals surface area contributed by atoms with Crippen LogP contribution < -0.4 is 11.2 Å². The van der Waals surface area contributed by atoms with E-state index in [1.165, 1.54) is 30.8 Å². The first-order chi connectivity index (χ1) is 15.2. The summed E-state index contributed by atoms with van der Waals surface area (Å²) in [5.74, 6) is -0.547. The van der Waals surface area contributed by atoms with Crippen molar-refractivity contribution in [1.29, 1.82) is 0 Å². The summed E-state index contributed by atoms with van der Waals surface area (Å²) in [5.41, 5.74) is -0.325. The number of carbonyl (C=O) groups excluding carboxylic acids is 2. The maximum absolute atomic E-state index is 13.0. The van der Waals surface area contributed by atoms with Crippen molar-refractivity contribution < 1.29 is 9.59 Å². The Kier molecular flexibility index (Phi) is 5.79. The smallest absolute Gasteiger partial charge is 0.332 e. The fraction of sp³-hybridized carbons (Fsp3) is 0.286. The Balaban J connectivity index is 1.52. The van der Waals surface area contributed by atoms with Crippen LogP contribution in [0.4, 0.5) is 0 Å². The molecule has 0 spiro atoms. The molecule has 2 amide bonds. The molecule has 1 aromatic carbocycles. The number of piperazine rings is 1. The maximum atomic E-state index is 13.0. The first-order valence-corrected chi connectivity index (χ1v) is 10.5. The van der Waals surface area contributed by atoms with E-state index in [1.807, 2.05) is 0 Å². The third kappa shape index (κ3) is 3.89. The van der Waals surface area contributed by atoms with Crippen LogP contribution >= 0.6 is 23.2 Å². The average Bonchev–Trinajstić information content (AvgIpc) is 2.79. The van der Waals surface area contributed by atoms with E-state index >= 15 is 0 Å². The molecule has 3 heterocycles. The van der Waals surface area contributed by atoms with Gasteiger partial charge in [-0.05, 0) is 30.3 Å². The van der Waals surface area contributed by atoms with Crippen LogP contribution in [0.5, 0.6) is 0 Å². The van der Waals surface area contributed by atoms with Gasteiger partial charge in [0.05, 0.1) is 5.39 Å². The molecule has 166 valence electrons. The number of hydrogen-bond donors (Lipinski definition) is 0. The van der Waals surface area contributed by atoms with Crippen molar-refractivity contribution >= 4 is 46.0 Å². The number of fused-ring (bicyclic) bond motifs is 1. The van der Waals surface area contributed by atoms with Gasteiger partial charge in [0, 0.05) is 55.9 Å². The maximum Gasteiger partial charge on any atom is 0.332 e. The largest absolute Gasteiger partial charge is 0.335 e. The van der Waals surface area contributed by atoms with Crippen LogP contribution in [0.15, 0.2) is 39.9 Å². The Morgan fingerprint density at radius 3 is 2.00 bits per heavy atom. The van der Waals surface area contributed by atoms with Gasteiger partial charge in [0.25, 0.3) is 17.4 Å². The Hall–Kier alpha value is -3.17. The van der Waals surface area contributed by atoms with Gasteiger partial charge in [-0.25, -0.2) is 9.78 Å². The van der Waals surface area contributed by atoms with Gasteiger partial charge in [0.2, 0.25) is 0 Å². The van der Waals surface area contributed by atoms with Gasteiger partial charge in [-0.15, -0.1) is 0 Å². The molecule has 1 aliphatic rings. The predicted molar refractivity (Wildman–Crippen MR) is 120 cm³/mol. The van der Waals surface area contributed by atoms with Crippen LogP contribution in [0.25, 0.3) is 11.0 Å². The van der Waals surface area contributed by atoms with Gasteiger partial charge in [0.15, 0.2) is 0 Å². The molecule has 0 saturated carbocycles. The number of carbonyl (C=O) groups is 2. The monoisotopic (exact) mass is 475 g/mol. The molecule has 3 aromatic rings.